The fraction of sp³-hybridized carbons (Fsp3) is 0.590. The lowest BCUT2D eigenvalue weighted by Gasteiger charge is -2.32. The zero-order valence-electron chi connectivity index (χ0n) is 53.8. The summed E-state index contributed by atoms with van der Waals surface area (Å²) >= 11 is 0. The highest BCUT2D eigenvalue weighted by molar-refractivity contribution is 7.89. The number of amides is 5. The number of hydrogen-bond acceptors (Lipinski definition) is 20. The molecule has 10 N–H and O–H groups in total. The van der Waals surface area contributed by atoms with Crippen molar-refractivity contribution < 1.29 is 71.1 Å². The van der Waals surface area contributed by atoms with E-state index in [1.165, 1.54) is 39.2 Å². The summed E-state index contributed by atoms with van der Waals surface area (Å²) in [4.78, 5) is 117. The van der Waals surface area contributed by atoms with Crippen LogP contribution in [-0.2, 0) is 66.6 Å². The highest BCUT2D eigenvalue weighted by Crippen LogP contribution is 2.26. The number of aliphatic carboxylic acids is 2. The molecule has 1 aliphatic rings. The average molecular weight is 1310 g/mol. The number of carbonyl (C=O) groups excluding carboxylic acids is 5. The summed E-state index contributed by atoms with van der Waals surface area (Å²) in [6.45, 7) is 13.7. The number of aromatic amines is 1. The van der Waals surface area contributed by atoms with E-state index in [0.717, 1.165) is 31.7 Å². The van der Waals surface area contributed by atoms with Gasteiger partial charge in [0.15, 0.2) is 5.95 Å². The molecule has 0 aliphatic carbocycles. The maximum absolute atomic E-state index is 13.6. The van der Waals surface area contributed by atoms with E-state index < -0.39 is 57.8 Å². The van der Waals surface area contributed by atoms with Crippen molar-refractivity contribution in [1.82, 2.24) is 65.4 Å². The lowest BCUT2D eigenvalue weighted by molar-refractivity contribution is -0.139. The third-order valence-corrected chi connectivity index (χ3v) is 16.9. The highest BCUT2D eigenvalue weighted by Gasteiger charge is 2.30. The third kappa shape index (κ3) is 26.5. The van der Waals surface area contributed by atoms with Crippen LogP contribution in [0.2, 0.25) is 0 Å². The number of nitrogens with zero attached hydrogens (tertiary/aromatic N) is 6. The van der Waals surface area contributed by atoms with Crippen LogP contribution in [0.1, 0.15) is 72.5 Å². The van der Waals surface area contributed by atoms with Crippen LogP contribution in [0.15, 0.2) is 58.6 Å². The number of anilines is 1. The van der Waals surface area contributed by atoms with Gasteiger partial charge in [0.05, 0.1) is 56.5 Å². The van der Waals surface area contributed by atoms with Gasteiger partial charge >= 0.3 is 11.9 Å². The second-order valence-corrected chi connectivity index (χ2v) is 24.0. The quantitative estimate of drug-likeness (QED) is 0.0260. The first-order valence-electron chi connectivity index (χ1n) is 31.0. The number of imidazole rings is 1. The number of sulfonamides is 1. The van der Waals surface area contributed by atoms with Crippen molar-refractivity contribution in [2.45, 2.75) is 82.8 Å². The van der Waals surface area contributed by atoms with Crippen molar-refractivity contribution in [2.24, 2.45) is 7.05 Å². The van der Waals surface area contributed by atoms with E-state index in [1.807, 2.05) is 16.8 Å². The Morgan fingerprint density at radius 2 is 1.34 bits per heavy atom. The van der Waals surface area contributed by atoms with Gasteiger partial charge < -0.3 is 80.4 Å². The van der Waals surface area contributed by atoms with E-state index in [2.05, 4.69) is 63.3 Å². The molecule has 0 saturated carbocycles. The molecule has 1 saturated heterocycles. The molecule has 92 heavy (non-hydrogen) atoms. The molecule has 1 fully saturated rings. The third-order valence-electron chi connectivity index (χ3n) is 15.2. The van der Waals surface area contributed by atoms with Gasteiger partial charge in [0.25, 0.3) is 5.91 Å². The normalized spacial score (nSPS) is 14.7. The largest absolute Gasteiger partial charge is 0.494 e. The molecule has 0 radical (unpaired) electrons. The number of benzene rings is 2. The zero-order chi connectivity index (χ0) is 67.0. The number of carbonyl (C=O) groups is 7. The monoisotopic (exact) mass is 1310 g/mol. The van der Waals surface area contributed by atoms with E-state index in [0.29, 0.717) is 122 Å². The number of carboxylic acid groups (broad SMARTS) is 2. The predicted molar refractivity (Wildman–Crippen MR) is 343 cm³/mol. The zero-order valence-corrected chi connectivity index (χ0v) is 54.6. The Morgan fingerprint density at radius 3 is 1.96 bits per heavy atom. The van der Waals surface area contributed by atoms with Crippen LogP contribution >= 0.6 is 0 Å². The van der Waals surface area contributed by atoms with Crippen LogP contribution in [0.25, 0.3) is 10.9 Å². The highest BCUT2D eigenvalue weighted by atomic mass is 32.2. The first-order chi connectivity index (χ1) is 44.1. The summed E-state index contributed by atoms with van der Waals surface area (Å²) in [7, 11) is 0.733. The Morgan fingerprint density at radius 1 is 0.717 bits per heavy atom. The van der Waals surface area contributed by atoms with Crippen molar-refractivity contribution in [1.29, 1.82) is 0 Å². The van der Waals surface area contributed by atoms with Gasteiger partial charge in [-0.1, -0.05) is 13.0 Å². The molecule has 5 rings (SSSR count). The SMILES string of the molecule is CCN1CCN(C)CCN(CC(=O)N[C@H](CCC(=O)NC)C(=O)NCCCOCCOCCOCCCNC(=O)CCCOc2cc(C)c(S(=O)(=O)NC(CNC(=O)c3cn(C)c4cc(CNc5ncc[nH]5)ccc4c3=O)C(=O)O)c(C)c2)CCN(CC(=O)O)CC1. The predicted octanol–water partition coefficient (Wildman–Crippen LogP) is -0.160. The van der Waals surface area contributed by atoms with Gasteiger partial charge in [-0.25, -0.2) is 13.4 Å². The van der Waals surface area contributed by atoms with E-state index in [9.17, 15) is 57.0 Å². The molecule has 2 atom stereocenters. The molecule has 3 heterocycles. The molecule has 2 aromatic carbocycles. The second kappa shape index (κ2) is 39.7. The van der Waals surface area contributed by atoms with Gasteiger partial charge in [-0.05, 0) is 94.1 Å². The molecular weight excluding hydrogens is 1220 g/mol. The number of hydrogen-bond donors (Lipinski definition) is 10. The molecule has 31 heteroatoms. The van der Waals surface area contributed by atoms with Crippen molar-refractivity contribution in [3.05, 3.63) is 81.4 Å². The number of fused-ring (bicyclic) bond motifs is 1. The van der Waals surface area contributed by atoms with E-state index >= 15 is 0 Å². The van der Waals surface area contributed by atoms with Crippen LogP contribution < -0.4 is 46.8 Å². The molecule has 0 bridgehead atoms. The summed E-state index contributed by atoms with van der Waals surface area (Å²) in [6.07, 6.45) is 6.36. The fourth-order valence-electron chi connectivity index (χ4n) is 10.0. The van der Waals surface area contributed by atoms with Gasteiger partial charge in [-0.15, -0.1) is 0 Å². The second-order valence-electron chi connectivity index (χ2n) is 22.4. The van der Waals surface area contributed by atoms with Crippen molar-refractivity contribution in [2.75, 3.05) is 157 Å². The van der Waals surface area contributed by atoms with E-state index in [4.69, 9.17) is 18.9 Å². The van der Waals surface area contributed by atoms with Crippen LogP contribution in [0.3, 0.4) is 0 Å². The minimum Gasteiger partial charge on any atom is -0.494 e. The summed E-state index contributed by atoms with van der Waals surface area (Å²) in [5, 5.41) is 36.4. The van der Waals surface area contributed by atoms with Crippen molar-refractivity contribution >= 4 is 68.3 Å². The van der Waals surface area contributed by atoms with Gasteiger partial charge in [-0.3, -0.25) is 48.2 Å². The Kier molecular flexibility index (Phi) is 32.4. The maximum Gasteiger partial charge on any atom is 0.323 e. The number of carboxylic acids is 2. The number of H-pyrrole nitrogens is 1. The molecular formula is C61H94N14O16S. The number of nitrogens with one attached hydrogen (secondary N) is 8. The van der Waals surface area contributed by atoms with E-state index in [-0.39, 0.29) is 90.2 Å². The Balaban J connectivity index is 0.905. The molecule has 5 amide bonds. The first kappa shape index (κ1) is 75.1. The number of aromatic nitrogens is 3. The summed E-state index contributed by atoms with van der Waals surface area (Å²) in [5.41, 5.74) is 1.09. The van der Waals surface area contributed by atoms with E-state index in [1.54, 1.807) is 42.2 Å². The molecule has 0 spiro atoms. The van der Waals surface area contributed by atoms with Crippen molar-refractivity contribution in [3.8, 4) is 5.75 Å². The molecule has 4 aromatic rings. The van der Waals surface area contributed by atoms with Gasteiger partial charge in [0, 0.05) is 143 Å². The summed E-state index contributed by atoms with van der Waals surface area (Å²) < 4.78 is 53.8. The Hall–Kier alpha value is -7.62. The van der Waals surface area contributed by atoms with Gasteiger partial charge in [-0.2, -0.15) is 4.72 Å². The summed E-state index contributed by atoms with van der Waals surface area (Å²) in [6, 6.07) is 5.37. The number of pyridine rings is 1. The Labute approximate surface area is 537 Å². The van der Waals surface area contributed by atoms with Crippen molar-refractivity contribution in [3.63, 3.8) is 0 Å². The first-order valence-corrected chi connectivity index (χ1v) is 32.5. The van der Waals surface area contributed by atoms with Crippen LogP contribution in [0, 0.1) is 13.8 Å². The average Bonchev–Trinajstić information content (AvgIpc) is 0.912. The minimum absolute atomic E-state index is 0.00186. The Bertz CT molecular complexity index is 3180. The lowest BCUT2D eigenvalue weighted by atomic mass is 10.1. The molecule has 1 aliphatic heterocycles. The number of rotatable bonds is 39. The van der Waals surface area contributed by atoms with Crippen LogP contribution in [0.4, 0.5) is 5.95 Å². The smallest absolute Gasteiger partial charge is 0.323 e. The lowest BCUT2D eigenvalue weighted by Crippen LogP contribution is -2.52. The topological polar surface area (TPSA) is 379 Å². The van der Waals surface area contributed by atoms with Crippen LogP contribution in [-0.4, -0.2) is 258 Å². The van der Waals surface area contributed by atoms with Gasteiger partial charge in [0.1, 0.15) is 23.4 Å². The molecule has 30 nitrogen and oxygen atoms in total. The molecule has 1 unspecified atom stereocenters. The summed E-state index contributed by atoms with van der Waals surface area (Å²) in [5.74, 6) is -3.66. The standard InChI is InChI=1S/C61H94N14O16S/c1-7-73-22-20-71(5)21-23-74(26-27-75(25-24-73)42-55(79)80)41-54(78)69-49(14-15-52(76)62-4)59(83)64-17-10-29-89-32-34-90-33-31-88-28-9-16-63-53(77)11-8-30-91-46-35-43(2)57(44(3)36-46)92(86,87)70-50(60(84)85)39-67-58(82)48-40-72(6)51-37-45(12-13-47(51)56(48)81)38-68-61-65-18-19-66-61/h12-13,18-19,35-37,40,49-50,70H,7-11,14-17,20-34,38-39,41-42H2,1-6H3,(H,62,76)(H,63,77)(H,64,83)(H,67,82)(H,69,78)(H,79,80)(H,84,85)(H2,65,66,68)/t49-,50?/m1/s1. The maximum atomic E-state index is 13.6. The van der Waals surface area contributed by atoms with Gasteiger partial charge in [0.2, 0.25) is 39.1 Å². The fourth-order valence-corrected chi connectivity index (χ4v) is 11.7. The molecule has 510 valence electrons. The van der Waals surface area contributed by atoms with Crippen LogP contribution in [0.5, 0.6) is 5.75 Å². The number of ether oxygens (including phenoxy) is 4. The number of likely N-dealkylation sites (N-methyl/N-ethyl adjacent to an activating group) is 2. The molecule has 2 aromatic heterocycles. The minimum atomic E-state index is -4.46. The number of aryl methyl sites for hydroxylation is 3.